The van der Waals surface area contributed by atoms with Crippen LogP contribution in [0.5, 0.6) is 0 Å². The number of carbonyl (C=O) groups is 4. The lowest BCUT2D eigenvalue weighted by Crippen LogP contribution is -2.63. The molecule has 0 aromatic rings. The number of ketones is 1. The second-order valence-corrected chi connectivity index (χ2v) is 12.6. The third-order valence-electron chi connectivity index (χ3n) is 9.89. The molecule has 4 rings (SSSR count). The van der Waals surface area contributed by atoms with Crippen LogP contribution in [0.2, 0.25) is 0 Å². The van der Waals surface area contributed by atoms with E-state index in [0.717, 1.165) is 18.4 Å². The molecule has 2 saturated carbocycles. The van der Waals surface area contributed by atoms with E-state index in [1.54, 1.807) is 26.0 Å². The number of unbranched alkanes of at least 4 members (excludes halogenated alkanes) is 1. The van der Waals surface area contributed by atoms with E-state index >= 15 is 0 Å². The summed E-state index contributed by atoms with van der Waals surface area (Å²) in [5, 5.41) is 12.8. The van der Waals surface area contributed by atoms with E-state index in [9.17, 15) is 24.3 Å². The summed E-state index contributed by atoms with van der Waals surface area (Å²) in [6, 6.07) is 0. The first-order valence-electron chi connectivity index (χ1n) is 14.8. The Morgan fingerprint density at radius 1 is 1.12 bits per heavy atom. The smallest absolute Gasteiger partial charge is 0.331 e. The van der Waals surface area contributed by atoms with Gasteiger partial charge in [-0.05, 0) is 30.9 Å². The third-order valence-corrected chi connectivity index (χ3v) is 9.89. The van der Waals surface area contributed by atoms with Crippen LogP contribution in [0, 0.1) is 35.0 Å². The van der Waals surface area contributed by atoms with Gasteiger partial charge in [0.15, 0.2) is 11.4 Å². The summed E-state index contributed by atoms with van der Waals surface area (Å²) in [6.07, 6.45) is 11.9. The van der Waals surface area contributed by atoms with Crippen molar-refractivity contribution in [3.8, 4) is 0 Å². The molecule has 0 unspecified atom stereocenters. The van der Waals surface area contributed by atoms with Gasteiger partial charge in [0.2, 0.25) is 0 Å². The third kappa shape index (κ3) is 5.02. The molecule has 0 spiro atoms. The molecule has 8 atom stereocenters. The van der Waals surface area contributed by atoms with Crippen molar-refractivity contribution >= 4 is 23.7 Å². The number of allylic oxidation sites excluding steroid dienone is 4. The standard InChI is InChI=1S/C33H44O8/c1-8-10-11-12-13-14-27(36)40-30-20(4)32(38)24-15-19(3)28(37)23(24)16-22(18-39-21(5)34)17-25(32)29-31(6,7)33(29,30)41-26(35)9-2/h11-15,17,20,23-25,29-30,38H,8-10,16,18H2,1-7H3/b12-11+,14-13-/t20-,23-,24+,25+,29-,30-,32+,33+/m0/s1. The van der Waals surface area contributed by atoms with E-state index in [4.69, 9.17) is 14.2 Å². The maximum atomic E-state index is 13.3. The van der Waals surface area contributed by atoms with Crippen LogP contribution in [0.3, 0.4) is 0 Å². The number of carbonyl (C=O) groups excluding carboxylic acids is 4. The van der Waals surface area contributed by atoms with Crippen LogP contribution < -0.4 is 0 Å². The van der Waals surface area contributed by atoms with Gasteiger partial charge in [0.25, 0.3) is 0 Å². The number of ether oxygens (including phenoxy) is 3. The Labute approximate surface area is 242 Å². The molecule has 1 N–H and O–H groups in total. The highest BCUT2D eigenvalue weighted by molar-refractivity contribution is 6.00. The summed E-state index contributed by atoms with van der Waals surface area (Å²) < 4.78 is 17.7. The fourth-order valence-electron chi connectivity index (χ4n) is 7.84. The zero-order valence-corrected chi connectivity index (χ0v) is 25.3. The number of Topliss-reactive ketones (excluding diaryl/α,β-unsaturated/α-hetero) is 1. The average Bonchev–Trinajstić information content (AvgIpc) is 3.31. The van der Waals surface area contributed by atoms with Gasteiger partial charge < -0.3 is 19.3 Å². The topological polar surface area (TPSA) is 116 Å². The van der Waals surface area contributed by atoms with Crippen LogP contribution in [-0.4, -0.2) is 52.7 Å². The minimum atomic E-state index is -1.49. The molecule has 8 nitrogen and oxygen atoms in total. The summed E-state index contributed by atoms with van der Waals surface area (Å²) >= 11 is 0. The maximum Gasteiger partial charge on any atom is 0.331 e. The monoisotopic (exact) mass is 568 g/mol. The Morgan fingerprint density at radius 2 is 1.83 bits per heavy atom. The van der Waals surface area contributed by atoms with Crippen LogP contribution >= 0.6 is 0 Å². The molecule has 0 bridgehead atoms. The highest BCUT2D eigenvalue weighted by Gasteiger charge is 2.87. The number of rotatable bonds is 9. The van der Waals surface area contributed by atoms with Gasteiger partial charge in [-0.25, -0.2) is 4.79 Å². The lowest BCUT2D eigenvalue weighted by molar-refractivity contribution is -0.218. The van der Waals surface area contributed by atoms with Gasteiger partial charge in [-0.1, -0.05) is 71.4 Å². The molecule has 0 aromatic carbocycles. The molecule has 41 heavy (non-hydrogen) atoms. The molecule has 0 aliphatic heterocycles. The number of fused-ring (bicyclic) bond motifs is 5. The molecular formula is C33H44O8. The van der Waals surface area contributed by atoms with Gasteiger partial charge in [-0.3, -0.25) is 14.4 Å². The Bertz CT molecular complexity index is 1220. The van der Waals surface area contributed by atoms with E-state index in [2.05, 4.69) is 6.92 Å². The highest BCUT2D eigenvalue weighted by atomic mass is 16.6. The van der Waals surface area contributed by atoms with Gasteiger partial charge in [0.1, 0.15) is 12.7 Å². The molecule has 4 aliphatic rings. The largest absolute Gasteiger partial charge is 0.461 e. The van der Waals surface area contributed by atoms with Crippen molar-refractivity contribution in [2.24, 2.45) is 35.0 Å². The lowest BCUT2D eigenvalue weighted by atomic mass is 9.60. The molecule has 0 radical (unpaired) electrons. The van der Waals surface area contributed by atoms with Crippen molar-refractivity contribution in [3.05, 3.63) is 47.6 Å². The van der Waals surface area contributed by atoms with E-state index in [1.807, 2.05) is 39.0 Å². The zero-order chi connectivity index (χ0) is 30.3. The van der Waals surface area contributed by atoms with E-state index < -0.39 is 70.2 Å². The summed E-state index contributed by atoms with van der Waals surface area (Å²) in [4.78, 5) is 51.0. The van der Waals surface area contributed by atoms with Crippen molar-refractivity contribution in [2.75, 3.05) is 6.61 Å². The fourth-order valence-corrected chi connectivity index (χ4v) is 7.84. The first-order valence-corrected chi connectivity index (χ1v) is 14.8. The Hall–Kier alpha value is -3.00. The SMILES string of the molecule is CCC/C=C/C=C\C(=O)O[C@H]1[C@H](C)[C@@]2(O)[C@@H]3C=C(C)C(=O)[C@H]3CC(COC(C)=O)=C[C@@H]2[C@H]2C(C)(C)[C@]12OC(=O)CC. The van der Waals surface area contributed by atoms with Crippen LogP contribution in [-0.2, 0) is 33.4 Å². The van der Waals surface area contributed by atoms with Gasteiger partial charge in [0.05, 0.1) is 5.60 Å². The van der Waals surface area contributed by atoms with Gasteiger partial charge in [0, 0.05) is 54.4 Å². The number of hydrogen-bond acceptors (Lipinski definition) is 8. The summed E-state index contributed by atoms with van der Waals surface area (Å²) in [7, 11) is 0. The highest BCUT2D eigenvalue weighted by Crippen LogP contribution is 2.77. The van der Waals surface area contributed by atoms with Crippen molar-refractivity contribution < 1.29 is 38.5 Å². The summed E-state index contributed by atoms with van der Waals surface area (Å²) in [6.45, 7) is 12.6. The van der Waals surface area contributed by atoms with Gasteiger partial charge >= 0.3 is 17.9 Å². The van der Waals surface area contributed by atoms with Crippen LogP contribution in [0.4, 0.5) is 0 Å². The normalized spacial score (nSPS) is 36.9. The van der Waals surface area contributed by atoms with Crippen LogP contribution in [0.25, 0.3) is 0 Å². The molecule has 2 fully saturated rings. The van der Waals surface area contributed by atoms with E-state index in [-0.39, 0.29) is 18.8 Å². The lowest BCUT2D eigenvalue weighted by Gasteiger charge is -2.52. The Morgan fingerprint density at radius 3 is 2.46 bits per heavy atom. The number of hydrogen-bond donors (Lipinski definition) is 1. The fraction of sp³-hybridized carbons (Fsp3) is 0.636. The zero-order valence-electron chi connectivity index (χ0n) is 25.3. The van der Waals surface area contributed by atoms with Gasteiger partial charge in [-0.15, -0.1) is 0 Å². The van der Waals surface area contributed by atoms with Gasteiger partial charge in [-0.2, -0.15) is 0 Å². The first kappa shape index (κ1) is 30.9. The predicted octanol–water partition coefficient (Wildman–Crippen LogP) is 4.81. The molecule has 0 amide bonds. The van der Waals surface area contributed by atoms with Crippen molar-refractivity contribution in [2.45, 2.75) is 91.5 Å². The second kappa shape index (κ2) is 11.3. The van der Waals surface area contributed by atoms with Crippen molar-refractivity contribution in [1.82, 2.24) is 0 Å². The molecule has 0 heterocycles. The predicted molar refractivity (Wildman–Crippen MR) is 152 cm³/mol. The molecule has 224 valence electrons. The molecule has 0 aromatic heterocycles. The Kier molecular flexibility index (Phi) is 8.57. The van der Waals surface area contributed by atoms with Crippen LogP contribution in [0.15, 0.2) is 47.6 Å². The second-order valence-electron chi connectivity index (χ2n) is 12.6. The quantitative estimate of drug-likeness (QED) is 0.139. The minimum Gasteiger partial charge on any atom is -0.461 e. The first-order chi connectivity index (χ1) is 19.3. The minimum absolute atomic E-state index is 0.00942. The Balaban J connectivity index is 1.83. The molecule has 0 saturated heterocycles. The summed E-state index contributed by atoms with van der Waals surface area (Å²) in [5.41, 5.74) is -2.02. The van der Waals surface area contributed by atoms with E-state index in [1.165, 1.54) is 13.0 Å². The summed E-state index contributed by atoms with van der Waals surface area (Å²) in [5.74, 6) is -4.24. The van der Waals surface area contributed by atoms with Crippen molar-refractivity contribution in [3.63, 3.8) is 0 Å². The van der Waals surface area contributed by atoms with Crippen LogP contribution in [0.1, 0.15) is 74.1 Å². The van der Waals surface area contributed by atoms with Crippen molar-refractivity contribution in [1.29, 1.82) is 0 Å². The molecular weight excluding hydrogens is 524 g/mol. The molecule has 4 aliphatic carbocycles. The molecule has 8 heteroatoms. The van der Waals surface area contributed by atoms with E-state index in [0.29, 0.717) is 12.0 Å². The maximum absolute atomic E-state index is 13.3. The number of esters is 3. The number of aliphatic hydroxyl groups is 1. The average molecular weight is 569 g/mol.